The minimum Gasteiger partial charge on any atom is -0.347 e. The van der Waals surface area contributed by atoms with Gasteiger partial charge in [0.15, 0.2) is 5.82 Å². The molecule has 120 valence electrons. The lowest BCUT2D eigenvalue weighted by Gasteiger charge is -2.05. The summed E-state index contributed by atoms with van der Waals surface area (Å²) in [5.74, 6) is 0.780. The fourth-order valence-corrected chi connectivity index (χ4v) is 2.78. The second kappa shape index (κ2) is 6.33. The molecule has 0 spiro atoms. The van der Waals surface area contributed by atoms with E-state index < -0.39 is 0 Å². The molecule has 0 unspecified atom stereocenters. The van der Waals surface area contributed by atoms with Crippen LogP contribution in [-0.2, 0) is 17.9 Å². The zero-order valence-corrected chi connectivity index (χ0v) is 14.0. The largest absolute Gasteiger partial charge is 0.347 e. The Balaban J connectivity index is 1.58. The number of nitrogens with zero attached hydrogens (tertiary/aromatic N) is 4. The smallest absolute Gasteiger partial charge is 0.268 e. The van der Waals surface area contributed by atoms with E-state index in [2.05, 4.69) is 20.6 Å². The van der Waals surface area contributed by atoms with Crippen LogP contribution in [0.5, 0.6) is 0 Å². The van der Waals surface area contributed by atoms with Gasteiger partial charge >= 0.3 is 0 Å². The number of nitrogens with one attached hydrogen (secondary N) is 1. The van der Waals surface area contributed by atoms with Crippen LogP contribution >= 0.6 is 11.3 Å². The monoisotopic (exact) mass is 331 g/mol. The van der Waals surface area contributed by atoms with Gasteiger partial charge in [-0.2, -0.15) is 10.1 Å². The van der Waals surface area contributed by atoms with Crippen molar-refractivity contribution in [3.63, 3.8) is 0 Å². The average molecular weight is 331 g/mol. The number of carbonyl (C=O) groups excluding carboxylic acids is 1. The molecule has 0 fully saturated rings. The van der Waals surface area contributed by atoms with E-state index in [1.807, 2.05) is 38.3 Å². The first-order valence-electron chi connectivity index (χ1n) is 7.18. The maximum atomic E-state index is 12.0. The van der Waals surface area contributed by atoms with Crippen molar-refractivity contribution in [2.24, 2.45) is 0 Å². The summed E-state index contributed by atoms with van der Waals surface area (Å²) in [4.78, 5) is 17.2. The molecule has 7 nitrogen and oxygen atoms in total. The summed E-state index contributed by atoms with van der Waals surface area (Å²) in [5.41, 5.74) is 3.04. The molecule has 1 N–H and O–H groups in total. The molecule has 3 rings (SSSR count). The maximum Gasteiger partial charge on any atom is 0.268 e. The van der Waals surface area contributed by atoms with Crippen LogP contribution in [0.4, 0.5) is 0 Å². The van der Waals surface area contributed by atoms with Crippen LogP contribution in [0.15, 0.2) is 22.0 Å². The molecule has 0 aliphatic carbocycles. The van der Waals surface area contributed by atoms with Crippen molar-refractivity contribution in [2.45, 2.75) is 33.9 Å². The Morgan fingerprint density at radius 2 is 2.22 bits per heavy atom. The lowest BCUT2D eigenvalue weighted by atomic mass is 10.2. The summed E-state index contributed by atoms with van der Waals surface area (Å²) in [7, 11) is 0. The molecule has 0 saturated heterocycles. The predicted molar refractivity (Wildman–Crippen MR) is 85.9 cm³/mol. The van der Waals surface area contributed by atoms with Gasteiger partial charge in [0, 0.05) is 5.69 Å². The molecule has 0 aromatic carbocycles. The third-order valence-electron chi connectivity index (χ3n) is 3.68. The second-order valence-corrected chi connectivity index (χ2v) is 6.17. The van der Waals surface area contributed by atoms with Crippen molar-refractivity contribution in [1.29, 1.82) is 0 Å². The molecule has 0 aliphatic heterocycles. The number of hydrogen-bond acceptors (Lipinski definition) is 6. The van der Waals surface area contributed by atoms with Crippen LogP contribution in [0, 0.1) is 20.8 Å². The van der Waals surface area contributed by atoms with E-state index in [1.54, 1.807) is 4.68 Å². The number of aromatic nitrogens is 4. The quantitative estimate of drug-likeness (QED) is 0.775. The van der Waals surface area contributed by atoms with Crippen molar-refractivity contribution in [3.8, 4) is 10.8 Å². The molecule has 3 aromatic heterocycles. The van der Waals surface area contributed by atoms with Crippen molar-refractivity contribution in [1.82, 2.24) is 25.2 Å². The highest BCUT2D eigenvalue weighted by Gasteiger charge is 2.13. The molecular formula is C15H17N5O2S. The van der Waals surface area contributed by atoms with Crippen LogP contribution in [0.2, 0.25) is 0 Å². The third-order valence-corrected chi connectivity index (χ3v) is 4.54. The van der Waals surface area contributed by atoms with Crippen LogP contribution in [0.1, 0.15) is 22.8 Å². The Morgan fingerprint density at radius 3 is 2.87 bits per heavy atom. The van der Waals surface area contributed by atoms with Gasteiger partial charge in [-0.3, -0.25) is 9.48 Å². The Bertz CT molecular complexity index is 819. The second-order valence-electron chi connectivity index (χ2n) is 5.22. The Hall–Kier alpha value is -2.48. The lowest BCUT2D eigenvalue weighted by molar-refractivity contribution is -0.122. The van der Waals surface area contributed by atoms with E-state index in [0.717, 1.165) is 21.8 Å². The van der Waals surface area contributed by atoms with Gasteiger partial charge in [0.1, 0.15) is 6.54 Å². The normalized spacial score (nSPS) is 10.9. The highest BCUT2D eigenvalue weighted by atomic mass is 32.1. The van der Waals surface area contributed by atoms with Crippen LogP contribution in [-0.4, -0.2) is 25.8 Å². The predicted octanol–water partition coefficient (Wildman–Crippen LogP) is 2.24. The molecule has 23 heavy (non-hydrogen) atoms. The third kappa shape index (κ3) is 3.31. The summed E-state index contributed by atoms with van der Waals surface area (Å²) < 4.78 is 6.88. The molecule has 0 saturated carbocycles. The topological polar surface area (TPSA) is 85.8 Å². The van der Waals surface area contributed by atoms with Crippen molar-refractivity contribution >= 4 is 17.2 Å². The zero-order valence-electron chi connectivity index (χ0n) is 13.2. The van der Waals surface area contributed by atoms with Gasteiger partial charge in [-0.25, -0.2) is 0 Å². The molecular weight excluding hydrogens is 314 g/mol. The molecule has 0 radical (unpaired) electrons. The first-order valence-corrected chi connectivity index (χ1v) is 8.06. The van der Waals surface area contributed by atoms with Crippen LogP contribution in [0.25, 0.3) is 10.8 Å². The standard InChI is InChI=1S/C15H17N5O2S/c1-9-10(2)18-20(11(9)3)8-14(21)16-7-13-17-15(22-19-13)12-5-4-6-23-12/h4-6H,7-8H2,1-3H3,(H,16,21). The Labute approximate surface area is 137 Å². The fraction of sp³-hybridized carbons (Fsp3) is 0.333. The number of hydrogen-bond donors (Lipinski definition) is 1. The molecule has 8 heteroatoms. The van der Waals surface area contributed by atoms with Gasteiger partial charge in [0.25, 0.3) is 5.89 Å². The molecule has 0 bridgehead atoms. The molecule has 3 heterocycles. The van der Waals surface area contributed by atoms with E-state index in [0.29, 0.717) is 11.7 Å². The van der Waals surface area contributed by atoms with Gasteiger partial charge in [-0.1, -0.05) is 11.2 Å². The van der Waals surface area contributed by atoms with Gasteiger partial charge < -0.3 is 9.84 Å². The van der Waals surface area contributed by atoms with E-state index in [-0.39, 0.29) is 19.0 Å². The summed E-state index contributed by atoms with van der Waals surface area (Å²) >= 11 is 1.53. The number of amides is 1. The zero-order chi connectivity index (χ0) is 16.4. The molecule has 1 amide bonds. The summed E-state index contributed by atoms with van der Waals surface area (Å²) in [5, 5.41) is 12.9. The van der Waals surface area contributed by atoms with Crippen LogP contribution in [0.3, 0.4) is 0 Å². The highest BCUT2D eigenvalue weighted by molar-refractivity contribution is 7.13. The lowest BCUT2D eigenvalue weighted by Crippen LogP contribution is -2.28. The van der Waals surface area contributed by atoms with Crippen molar-refractivity contribution in [2.75, 3.05) is 0 Å². The fourth-order valence-electron chi connectivity index (χ4n) is 2.14. The van der Waals surface area contributed by atoms with E-state index in [4.69, 9.17) is 4.52 Å². The number of aryl methyl sites for hydroxylation is 1. The van der Waals surface area contributed by atoms with Gasteiger partial charge in [-0.15, -0.1) is 11.3 Å². The number of thiophene rings is 1. The SMILES string of the molecule is Cc1nn(CC(=O)NCc2noc(-c3cccs3)n2)c(C)c1C. The molecule has 0 aliphatic rings. The first kappa shape index (κ1) is 15.4. The van der Waals surface area contributed by atoms with E-state index in [9.17, 15) is 4.79 Å². The maximum absolute atomic E-state index is 12.0. The highest BCUT2D eigenvalue weighted by Crippen LogP contribution is 2.22. The van der Waals surface area contributed by atoms with Gasteiger partial charge in [0.05, 0.1) is 17.1 Å². The summed E-state index contributed by atoms with van der Waals surface area (Å²) in [6.45, 7) is 6.29. The van der Waals surface area contributed by atoms with E-state index >= 15 is 0 Å². The Morgan fingerprint density at radius 1 is 1.39 bits per heavy atom. The first-order chi connectivity index (χ1) is 11.0. The number of carbonyl (C=O) groups is 1. The van der Waals surface area contributed by atoms with E-state index in [1.165, 1.54) is 11.3 Å². The minimum atomic E-state index is -0.141. The molecule has 3 aromatic rings. The summed E-state index contributed by atoms with van der Waals surface area (Å²) in [6.07, 6.45) is 0. The average Bonchev–Trinajstić information content (AvgIpc) is 3.24. The number of rotatable bonds is 5. The minimum absolute atomic E-state index is 0.141. The van der Waals surface area contributed by atoms with Crippen molar-refractivity contribution in [3.05, 3.63) is 40.3 Å². The van der Waals surface area contributed by atoms with Gasteiger partial charge in [0.2, 0.25) is 5.91 Å². The summed E-state index contributed by atoms with van der Waals surface area (Å²) in [6, 6.07) is 3.83. The molecule has 0 atom stereocenters. The van der Waals surface area contributed by atoms with Crippen LogP contribution < -0.4 is 5.32 Å². The van der Waals surface area contributed by atoms with Gasteiger partial charge in [-0.05, 0) is 37.8 Å². The Kier molecular flexibility index (Phi) is 4.24. The van der Waals surface area contributed by atoms with Crippen molar-refractivity contribution < 1.29 is 9.32 Å².